The Morgan fingerprint density at radius 2 is 1.58 bits per heavy atom. The molecule has 1 rings (SSSR count). The highest BCUT2D eigenvalue weighted by atomic mass is 127. The standard InChI is InChI=1S/C9H19IN2/c1-7(2)11-5-8(3)12(10)9(4)6-11/h7-9H,5-6H2,1-4H3/t8-,9-/m1/s1. The summed E-state index contributed by atoms with van der Waals surface area (Å²) < 4.78 is 2.44. The van der Waals surface area contributed by atoms with E-state index in [0.29, 0.717) is 18.1 Å². The molecule has 0 aliphatic carbocycles. The lowest BCUT2D eigenvalue weighted by molar-refractivity contribution is 0.0966. The van der Waals surface area contributed by atoms with Crippen LogP contribution in [0.2, 0.25) is 0 Å². The van der Waals surface area contributed by atoms with Crippen LogP contribution in [0.3, 0.4) is 0 Å². The van der Waals surface area contributed by atoms with Gasteiger partial charge in [-0.1, -0.05) is 0 Å². The Morgan fingerprint density at radius 1 is 1.17 bits per heavy atom. The van der Waals surface area contributed by atoms with Gasteiger partial charge in [0.15, 0.2) is 0 Å². The summed E-state index contributed by atoms with van der Waals surface area (Å²) in [6.07, 6.45) is 0. The Kier molecular flexibility index (Phi) is 3.79. The van der Waals surface area contributed by atoms with E-state index in [-0.39, 0.29) is 0 Å². The van der Waals surface area contributed by atoms with Crippen LogP contribution in [0.15, 0.2) is 0 Å². The van der Waals surface area contributed by atoms with Crippen LogP contribution in [-0.4, -0.2) is 39.2 Å². The van der Waals surface area contributed by atoms with Gasteiger partial charge in [-0.05, 0) is 27.7 Å². The molecule has 0 aromatic heterocycles. The molecule has 0 aromatic carbocycles. The maximum absolute atomic E-state index is 2.56. The van der Waals surface area contributed by atoms with E-state index in [1.54, 1.807) is 0 Å². The van der Waals surface area contributed by atoms with Crippen LogP contribution in [0.1, 0.15) is 27.7 Å². The van der Waals surface area contributed by atoms with Gasteiger partial charge >= 0.3 is 0 Å². The second-order valence-corrected chi connectivity index (χ2v) is 5.20. The summed E-state index contributed by atoms with van der Waals surface area (Å²) in [5.74, 6) is 0. The Morgan fingerprint density at radius 3 is 1.92 bits per heavy atom. The third-order valence-electron chi connectivity index (χ3n) is 2.57. The topological polar surface area (TPSA) is 6.48 Å². The zero-order valence-electron chi connectivity index (χ0n) is 8.42. The molecule has 1 aliphatic heterocycles. The summed E-state index contributed by atoms with van der Waals surface area (Å²) in [4.78, 5) is 2.56. The smallest absolute Gasteiger partial charge is 0.0296 e. The third kappa shape index (κ3) is 2.33. The van der Waals surface area contributed by atoms with Crippen molar-refractivity contribution in [3.8, 4) is 0 Å². The monoisotopic (exact) mass is 282 g/mol. The fourth-order valence-corrected chi connectivity index (χ4v) is 2.12. The highest BCUT2D eigenvalue weighted by molar-refractivity contribution is 14.1. The molecule has 0 unspecified atom stereocenters. The molecule has 0 radical (unpaired) electrons. The second kappa shape index (κ2) is 4.24. The average Bonchev–Trinajstić information content (AvgIpc) is 1.99. The van der Waals surface area contributed by atoms with E-state index in [4.69, 9.17) is 0 Å². The van der Waals surface area contributed by atoms with Crippen LogP contribution >= 0.6 is 22.9 Å². The molecule has 1 aliphatic rings. The summed E-state index contributed by atoms with van der Waals surface area (Å²) in [6, 6.07) is 2.08. The van der Waals surface area contributed by atoms with Gasteiger partial charge in [0, 0.05) is 54.1 Å². The first kappa shape index (κ1) is 10.7. The SMILES string of the molecule is CC(C)N1C[C@@H](C)N(I)[C@H](C)C1. The minimum absolute atomic E-state index is 0.691. The van der Waals surface area contributed by atoms with Crippen LogP contribution in [0, 0.1) is 0 Å². The van der Waals surface area contributed by atoms with Gasteiger partial charge in [-0.25, -0.2) is 3.11 Å². The van der Waals surface area contributed by atoms with Gasteiger partial charge in [-0.3, -0.25) is 4.90 Å². The summed E-state index contributed by atoms with van der Waals surface area (Å²) in [5, 5.41) is 0. The fourth-order valence-electron chi connectivity index (χ4n) is 1.77. The van der Waals surface area contributed by atoms with Gasteiger partial charge < -0.3 is 0 Å². The number of hydrogen-bond donors (Lipinski definition) is 0. The predicted octanol–water partition coefficient (Wildman–Crippen LogP) is 2.14. The first-order chi connectivity index (χ1) is 5.52. The lowest BCUT2D eigenvalue weighted by Gasteiger charge is -2.42. The summed E-state index contributed by atoms with van der Waals surface area (Å²) >= 11 is 2.45. The van der Waals surface area contributed by atoms with Gasteiger partial charge in [0.1, 0.15) is 0 Å². The molecular weight excluding hydrogens is 263 g/mol. The van der Waals surface area contributed by atoms with Crippen molar-refractivity contribution in [3.63, 3.8) is 0 Å². The quantitative estimate of drug-likeness (QED) is 0.537. The van der Waals surface area contributed by atoms with Gasteiger partial charge in [-0.2, -0.15) is 0 Å². The first-order valence-electron chi connectivity index (χ1n) is 4.70. The van der Waals surface area contributed by atoms with E-state index < -0.39 is 0 Å². The fraction of sp³-hybridized carbons (Fsp3) is 1.00. The highest BCUT2D eigenvalue weighted by Gasteiger charge is 2.28. The zero-order chi connectivity index (χ0) is 9.30. The molecule has 0 bridgehead atoms. The summed E-state index contributed by atoms with van der Waals surface area (Å²) in [5.41, 5.74) is 0. The molecule has 0 aromatic rings. The molecule has 0 amide bonds. The minimum atomic E-state index is 0.691. The highest BCUT2D eigenvalue weighted by Crippen LogP contribution is 2.20. The van der Waals surface area contributed by atoms with E-state index in [1.807, 2.05) is 0 Å². The van der Waals surface area contributed by atoms with Crippen LogP contribution in [0.5, 0.6) is 0 Å². The molecule has 1 fully saturated rings. The number of piperazine rings is 1. The first-order valence-corrected chi connectivity index (χ1v) is 5.67. The summed E-state index contributed by atoms with van der Waals surface area (Å²) in [6.45, 7) is 11.6. The minimum Gasteiger partial charge on any atom is -0.298 e. The second-order valence-electron chi connectivity index (χ2n) is 4.09. The van der Waals surface area contributed by atoms with Crippen molar-refractivity contribution in [3.05, 3.63) is 0 Å². The molecule has 72 valence electrons. The third-order valence-corrected chi connectivity index (χ3v) is 4.47. The molecule has 0 N–H and O–H groups in total. The van der Waals surface area contributed by atoms with Crippen molar-refractivity contribution in [2.24, 2.45) is 0 Å². The maximum atomic E-state index is 2.56. The largest absolute Gasteiger partial charge is 0.298 e. The molecular formula is C9H19IN2. The van der Waals surface area contributed by atoms with Crippen molar-refractivity contribution >= 4 is 22.9 Å². The van der Waals surface area contributed by atoms with Crippen LogP contribution in [-0.2, 0) is 0 Å². The van der Waals surface area contributed by atoms with Crippen molar-refractivity contribution in [2.45, 2.75) is 45.8 Å². The van der Waals surface area contributed by atoms with E-state index in [1.165, 1.54) is 13.1 Å². The van der Waals surface area contributed by atoms with E-state index in [0.717, 1.165) is 0 Å². The lowest BCUT2D eigenvalue weighted by Crippen LogP contribution is -2.54. The van der Waals surface area contributed by atoms with Gasteiger partial charge in [0.05, 0.1) is 0 Å². The van der Waals surface area contributed by atoms with E-state index >= 15 is 0 Å². The van der Waals surface area contributed by atoms with Gasteiger partial charge in [0.25, 0.3) is 0 Å². The lowest BCUT2D eigenvalue weighted by atomic mass is 10.1. The Labute approximate surface area is 89.8 Å². The van der Waals surface area contributed by atoms with Crippen molar-refractivity contribution < 1.29 is 0 Å². The summed E-state index contributed by atoms with van der Waals surface area (Å²) in [7, 11) is 0. The molecule has 12 heavy (non-hydrogen) atoms. The normalized spacial score (nSPS) is 34.5. The van der Waals surface area contributed by atoms with Gasteiger partial charge in [-0.15, -0.1) is 0 Å². The molecule has 0 saturated carbocycles. The van der Waals surface area contributed by atoms with Gasteiger partial charge in [0.2, 0.25) is 0 Å². The van der Waals surface area contributed by atoms with Crippen LogP contribution < -0.4 is 0 Å². The Hall–Kier alpha value is 0.650. The van der Waals surface area contributed by atoms with Crippen LogP contribution in [0.25, 0.3) is 0 Å². The number of halogens is 1. The molecule has 0 spiro atoms. The Balaban J connectivity index is 2.53. The van der Waals surface area contributed by atoms with Crippen molar-refractivity contribution in [2.75, 3.05) is 13.1 Å². The molecule has 2 atom stereocenters. The predicted molar refractivity (Wildman–Crippen MR) is 61.5 cm³/mol. The van der Waals surface area contributed by atoms with E-state index in [2.05, 4.69) is 58.6 Å². The molecule has 1 heterocycles. The number of nitrogens with zero attached hydrogens (tertiary/aromatic N) is 2. The zero-order valence-corrected chi connectivity index (χ0v) is 10.6. The number of rotatable bonds is 1. The average molecular weight is 282 g/mol. The Bertz CT molecular complexity index is 137. The van der Waals surface area contributed by atoms with E-state index in [9.17, 15) is 0 Å². The molecule has 1 saturated heterocycles. The molecule has 3 heteroatoms. The molecule has 2 nitrogen and oxygen atoms in total. The maximum Gasteiger partial charge on any atom is 0.0296 e. The van der Waals surface area contributed by atoms with Crippen molar-refractivity contribution in [1.82, 2.24) is 8.01 Å². The van der Waals surface area contributed by atoms with Crippen LogP contribution in [0.4, 0.5) is 0 Å². The van der Waals surface area contributed by atoms with Crippen molar-refractivity contribution in [1.29, 1.82) is 0 Å². The number of hydrogen-bond acceptors (Lipinski definition) is 2.